The highest BCUT2D eigenvalue weighted by molar-refractivity contribution is 6.12. The van der Waals surface area contributed by atoms with Gasteiger partial charge in [0.2, 0.25) is 17.7 Å². The van der Waals surface area contributed by atoms with E-state index < -0.39 is 66.1 Å². The van der Waals surface area contributed by atoms with E-state index in [0.29, 0.717) is 25.7 Å². The summed E-state index contributed by atoms with van der Waals surface area (Å²) in [5, 5.41) is 19.4. The number of rotatable bonds is 21. The van der Waals surface area contributed by atoms with E-state index in [-0.39, 0.29) is 49.9 Å². The summed E-state index contributed by atoms with van der Waals surface area (Å²) in [5.41, 5.74) is 5.07. The van der Waals surface area contributed by atoms with Crippen molar-refractivity contribution < 1.29 is 43.5 Å². The van der Waals surface area contributed by atoms with Crippen LogP contribution in [0.5, 0.6) is 0 Å². The Morgan fingerprint density at radius 3 is 1.98 bits per heavy atom. The third-order valence-electron chi connectivity index (χ3n) is 6.93. The van der Waals surface area contributed by atoms with Crippen molar-refractivity contribution in [2.24, 2.45) is 17.6 Å². The summed E-state index contributed by atoms with van der Waals surface area (Å²) in [5.74, 6) is -4.85. The molecule has 15 heteroatoms. The van der Waals surface area contributed by atoms with Gasteiger partial charge in [-0.3, -0.25) is 38.5 Å². The fourth-order valence-corrected chi connectivity index (χ4v) is 4.44. The maximum absolute atomic E-state index is 13.2. The number of ketones is 1. The number of nitrogens with one attached hydrogen (secondary N) is 4. The lowest BCUT2D eigenvalue weighted by Crippen LogP contribution is -2.57. The van der Waals surface area contributed by atoms with Gasteiger partial charge in [-0.05, 0) is 38.0 Å². The molecule has 0 spiro atoms. The minimum Gasteiger partial charge on any atom is -0.481 e. The van der Waals surface area contributed by atoms with E-state index in [1.807, 2.05) is 0 Å². The molecular formula is C29H46N6O9. The number of amides is 7. The lowest BCUT2D eigenvalue weighted by Gasteiger charge is -2.27. The summed E-state index contributed by atoms with van der Waals surface area (Å²) < 4.78 is 0. The second-order valence-corrected chi connectivity index (χ2v) is 11.3. The molecule has 0 bridgehead atoms. The van der Waals surface area contributed by atoms with Gasteiger partial charge < -0.3 is 32.1 Å². The molecule has 0 aliphatic carbocycles. The highest BCUT2D eigenvalue weighted by Crippen LogP contribution is 2.11. The normalized spacial score (nSPS) is 14.7. The van der Waals surface area contributed by atoms with E-state index in [1.54, 1.807) is 27.7 Å². The van der Waals surface area contributed by atoms with Gasteiger partial charge in [0.05, 0.1) is 6.04 Å². The van der Waals surface area contributed by atoms with E-state index in [9.17, 15) is 38.4 Å². The van der Waals surface area contributed by atoms with Crippen LogP contribution in [0.3, 0.4) is 0 Å². The second kappa shape index (κ2) is 19.1. The number of imide groups is 1. The number of carbonyl (C=O) groups excluding carboxylic acids is 7. The Labute approximate surface area is 257 Å². The molecule has 1 aliphatic rings. The molecule has 1 heterocycles. The molecule has 0 aromatic carbocycles. The van der Waals surface area contributed by atoms with Gasteiger partial charge in [0.15, 0.2) is 5.78 Å². The summed E-state index contributed by atoms with van der Waals surface area (Å²) >= 11 is 0. The molecule has 1 rings (SSSR count). The highest BCUT2D eigenvalue weighted by atomic mass is 16.4. The molecule has 0 aromatic rings. The molecular weight excluding hydrogens is 576 g/mol. The Hall–Kier alpha value is -4.30. The first-order chi connectivity index (χ1) is 20.6. The molecule has 3 atom stereocenters. The van der Waals surface area contributed by atoms with Crippen molar-refractivity contribution in [2.75, 3.05) is 13.1 Å². The number of aliphatic carboxylic acids is 1. The van der Waals surface area contributed by atoms with Crippen LogP contribution >= 0.6 is 0 Å². The Kier molecular flexibility index (Phi) is 16.4. The van der Waals surface area contributed by atoms with Crippen LogP contribution in [0.25, 0.3) is 0 Å². The summed E-state index contributed by atoms with van der Waals surface area (Å²) in [6.07, 6.45) is 3.79. The molecule has 7 amide bonds. The standard InChI is InChI=1S/C29H46N6O9/c1-17(2)25(28(43)33-19(26(41)18(3)4)9-8-15-31-29(30)44)34-27(42)20(11-14-24(39)40)32-21(36)10-6-5-7-16-35-22(37)12-13-23(35)38/h12-13,17-20,25H,5-11,14-16H2,1-4H3,(H,32,36)(H,33,43)(H,34,42)(H,39,40)(H3,30,31,44)/t19-,20-,25-/m0/s1. The SMILES string of the molecule is CC(C)C(=O)[C@H](CCCNC(N)=O)NC(=O)[C@@H](NC(=O)[C@H](CCC(=O)O)NC(=O)CCCCCN1C(=O)C=CC1=O)C(C)C. The van der Waals surface area contributed by atoms with Crippen LogP contribution in [0.1, 0.15) is 79.1 Å². The largest absolute Gasteiger partial charge is 0.481 e. The van der Waals surface area contributed by atoms with Crippen LogP contribution in [-0.2, 0) is 33.6 Å². The molecule has 1 aliphatic heterocycles. The Morgan fingerprint density at radius 2 is 1.43 bits per heavy atom. The zero-order chi connectivity index (χ0) is 33.4. The third-order valence-corrected chi connectivity index (χ3v) is 6.93. The van der Waals surface area contributed by atoms with Gasteiger partial charge in [-0.25, -0.2) is 4.79 Å². The number of unbranched alkanes of at least 4 members (excludes halogenated alkanes) is 2. The van der Waals surface area contributed by atoms with Crippen LogP contribution < -0.4 is 27.0 Å². The molecule has 15 nitrogen and oxygen atoms in total. The number of hydrogen-bond donors (Lipinski definition) is 6. The average molecular weight is 623 g/mol. The molecule has 0 radical (unpaired) electrons. The number of carboxylic acids is 1. The van der Waals surface area contributed by atoms with E-state index in [4.69, 9.17) is 10.8 Å². The van der Waals surface area contributed by atoms with Crippen LogP contribution in [0.4, 0.5) is 4.79 Å². The third kappa shape index (κ3) is 13.8. The number of primary amides is 1. The highest BCUT2D eigenvalue weighted by Gasteiger charge is 2.32. The van der Waals surface area contributed by atoms with E-state index >= 15 is 0 Å². The van der Waals surface area contributed by atoms with Crippen molar-refractivity contribution in [1.29, 1.82) is 0 Å². The second-order valence-electron chi connectivity index (χ2n) is 11.3. The fourth-order valence-electron chi connectivity index (χ4n) is 4.44. The summed E-state index contributed by atoms with van der Waals surface area (Å²) in [4.78, 5) is 98.3. The Balaban J connectivity index is 2.79. The molecule has 0 saturated carbocycles. The zero-order valence-electron chi connectivity index (χ0n) is 25.9. The van der Waals surface area contributed by atoms with Crippen molar-refractivity contribution >= 4 is 47.3 Å². The summed E-state index contributed by atoms with van der Waals surface area (Å²) in [6.45, 7) is 7.18. The first-order valence-corrected chi connectivity index (χ1v) is 14.9. The van der Waals surface area contributed by atoms with Crippen molar-refractivity contribution in [3.05, 3.63) is 12.2 Å². The fraction of sp³-hybridized carbons (Fsp3) is 0.655. The molecule has 0 unspecified atom stereocenters. The van der Waals surface area contributed by atoms with Gasteiger partial charge in [-0.1, -0.05) is 34.1 Å². The minimum atomic E-state index is -1.23. The van der Waals surface area contributed by atoms with E-state index in [2.05, 4.69) is 21.3 Å². The maximum Gasteiger partial charge on any atom is 0.312 e. The van der Waals surface area contributed by atoms with Gasteiger partial charge in [-0.15, -0.1) is 0 Å². The number of nitrogens with two attached hydrogens (primary N) is 1. The first kappa shape index (κ1) is 37.7. The van der Waals surface area contributed by atoms with Crippen LogP contribution in [-0.4, -0.2) is 88.5 Å². The van der Waals surface area contributed by atoms with E-state index in [0.717, 1.165) is 4.90 Å². The van der Waals surface area contributed by atoms with Crippen molar-refractivity contribution in [1.82, 2.24) is 26.2 Å². The van der Waals surface area contributed by atoms with Crippen LogP contribution in [0.15, 0.2) is 12.2 Å². The van der Waals surface area contributed by atoms with Crippen molar-refractivity contribution in [3.8, 4) is 0 Å². The van der Waals surface area contributed by atoms with Gasteiger partial charge in [0.1, 0.15) is 12.1 Å². The van der Waals surface area contributed by atoms with Crippen molar-refractivity contribution in [3.63, 3.8) is 0 Å². The summed E-state index contributed by atoms with van der Waals surface area (Å²) in [7, 11) is 0. The van der Waals surface area contributed by atoms with Gasteiger partial charge in [0.25, 0.3) is 11.8 Å². The molecule has 0 aromatic heterocycles. The number of Topliss-reactive ketones (excluding diaryl/α,β-unsaturated/α-hetero) is 1. The van der Waals surface area contributed by atoms with Gasteiger partial charge >= 0.3 is 12.0 Å². The zero-order valence-corrected chi connectivity index (χ0v) is 25.9. The van der Waals surface area contributed by atoms with E-state index in [1.165, 1.54) is 12.2 Å². The lowest BCUT2D eigenvalue weighted by atomic mass is 9.96. The lowest BCUT2D eigenvalue weighted by molar-refractivity contribution is -0.139. The average Bonchev–Trinajstić information content (AvgIpc) is 3.26. The monoisotopic (exact) mass is 622 g/mol. The van der Waals surface area contributed by atoms with Crippen LogP contribution in [0.2, 0.25) is 0 Å². The Morgan fingerprint density at radius 1 is 0.795 bits per heavy atom. The number of urea groups is 1. The maximum atomic E-state index is 13.2. The van der Waals surface area contributed by atoms with Crippen LogP contribution in [0, 0.1) is 11.8 Å². The quantitative estimate of drug-likeness (QED) is 0.0752. The number of hydrogen-bond acceptors (Lipinski definition) is 8. The molecule has 246 valence electrons. The first-order valence-electron chi connectivity index (χ1n) is 14.9. The summed E-state index contributed by atoms with van der Waals surface area (Å²) in [6, 6.07) is -3.91. The van der Waals surface area contributed by atoms with Crippen molar-refractivity contribution in [2.45, 2.75) is 97.2 Å². The number of carboxylic acid groups (broad SMARTS) is 1. The predicted molar refractivity (Wildman–Crippen MR) is 158 cm³/mol. The minimum absolute atomic E-state index is 0.0225. The molecule has 0 fully saturated rings. The molecule has 7 N–H and O–H groups in total. The van der Waals surface area contributed by atoms with Gasteiger partial charge in [0, 0.05) is 44.0 Å². The number of nitrogens with zero attached hydrogens (tertiary/aromatic N) is 1. The smallest absolute Gasteiger partial charge is 0.312 e. The molecule has 44 heavy (non-hydrogen) atoms. The predicted octanol–water partition coefficient (Wildman–Crippen LogP) is 0.121. The van der Waals surface area contributed by atoms with Gasteiger partial charge in [-0.2, -0.15) is 0 Å². The molecule has 0 saturated heterocycles. The Bertz CT molecular complexity index is 1090. The number of carbonyl (C=O) groups is 8. The topological polar surface area (TPSA) is 234 Å².